The zero-order valence-electron chi connectivity index (χ0n) is 17.1. The first-order chi connectivity index (χ1) is 13.9. The van der Waals surface area contributed by atoms with E-state index < -0.39 is 0 Å². The monoisotopic (exact) mass is 453 g/mol. The lowest BCUT2D eigenvalue weighted by Gasteiger charge is -2.55. The van der Waals surface area contributed by atoms with Gasteiger partial charge in [0.1, 0.15) is 0 Å². The normalized spacial score (nSPS) is 30.2. The number of carbonyl (C=O) groups is 1. The predicted octanol–water partition coefficient (Wildman–Crippen LogP) is 5.52. The number of rotatable bonds is 4. The third-order valence-corrected chi connectivity index (χ3v) is 7.97. The van der Waals surface area contributed by atoms with Crippen LogP contribution in [0.2, 0.25) is 0 Å². The molecule has 1 N–H and O–H groups in total. The van der Waals surface area contributed by atoms with Crippen molar-refractivity contribution in [2.24, 2.45) is 28.3 Å². The second kappa shape index (κ2) is 7.12. The molecule has 0 aliphatic heterocycles. The molecule has 4 bridgehead atoms. The summed E-state index contributed by atoms with van der Waals surface area (Å²) >= 11 is 3.49. The van der Waals surface area contributed by atoms with Crippen LogP contribution in [-0.2, 0) is 4.79 Å². The third-order valence-electron chi connectivity index (χ3n) is 7.44. The van der Waals surface area contributed by atoms with Gasteiger partial charge in [-0.05, 0) is 100 Å². The molecule has 1 amide bonds. The maximum atomic E-state index is 13.1. The number of nitrogens with zero attached hydrogens (tertiary/aromatic N) is 2. The van der Waals surface area contributed by atoms with E-state index in [0.717, 1.165) is 64.1 Å². The molecule has 0 saturated heterocycles. The highest BCUT2D eigenvalue weighted by Gasteiger charge is 2.54. The molecule has 4 saturated carbocycles. The molecule has 5 heteroatoms. The first kappa shape index (κ1) is 19.1. The number of aromatic nitrogens is 1. The van der Waals surface area contributed by atoms with E-state index in [1.54, 1.807) is 6.21 Å². The summed E-state index contributed by atoms with van der Waals surface area (Å²) in [5.41, 5.74) is 7.19. The number of hydrogen-bond donors (Lipinski definition) is 1. The van der Waals surface area contributed by atoms with Crippen molar-refractivity contribution >= 4 is 28.1 Å². The fourth-order valence-corrected chi connectivity index (χ4v) is 6.84. The van der Waals surface area contributed by atoms with Gasteiger partial charge in [0.15, 0.2) is 0 Å². The molecule has 6 rings (SSSR count). The van der Waals surface area contributed by atoms with Crippen molar-refractivity contribution in [2.45, 2.75) is 52.4 Å². The van der Waals surface area contributed by atoms with Crippen LogP contribution >= 0.6 is 15.9 Å². The van der Waals surface area contributed by atoms with Gasteiger partial charge in [0.25, 0.3) is 0 Å². The summed E-state index contributed by atoms with van der Waals surface area (Å²) in [5, 5.41) is 4.38. The number of nitrogens with one attached hydrogen (secondary N) is 1. The summed E-state index contributed by atoms with van der Waals surface area (Å²) in [4.78, 5) is 13.1. The minimum atomic E-state index is -0.152. The van der Waals surface area contributed by atoms with Gasteiger partial charge in [0.05, 0.1) is 11.6 Å². The number of amides is 1. The lowest BCUT2D eigenvalue weighted by Crippen LogP contribution is -2.52. The minimum absolute atomic E-state index is 0.148. The van der Waals surface area contributed by atoms with E-state index in [2.05, 4.69) is 63.1 Å². The summed E-state index contributed by atoms with van der Waals surface area (Å²) in [6.07, 6.45) is 9.04. The van der Waals surface area contributed by atoms with Crippen LogP contribution in [0.25, 0.3) is 5.69 Å². The molecule has 2 aromatic rings. The summed E-state index contributed by atoms with van der Waals surface area (Å²) in [7, 11) is 0. The van der Waals surface area contributed by atoms with Crippen LogP contribution in [0.1, 0.15) is 55.5 Å². The molecule has 1 aromatic heterocycles. The van der Waals surface area contributed by atoms with Gasteiger partial charge in [0.2, 0.25) is 5.91 Å². The van der Waals surface area contributed by atoms with E-state index >= 15 is 0 Å². The molecule has 0 spiro atoms. The van der Waals surface area contributed by atoms with Crippen LogP contribution < -0.4 is 5.43 Å². The Balaban J connectivity index is 1.32. The average molecular weight is 454 g/mol. The second-order valence-electron chi connectivity index (χ2n) is 9.54. The molecule has 1 aromatic carbocycles. The maximum absolute atomic E-state index is 13.1. The summed E-state index contributed by atoms with van der Waals surface area (Å²) in [5.74, 6) is 2.44. The van der Waals surface area contributed by atoms with Crippen molar-refractivity contribution < 1.29 is 4.79 Å². The standard InChI is InChI=1S/C24H28BrN3O/c1-15-7-20(16(2)28(15)22-5-3-21(25)4-6-22)14-26-27-23(29)24-11-17-8-18(12-24)10-19(9-17)13-24/h3-7,14,17-19H,8-13H2,1-2H3,(H,27,29). The highest BCUT2D eigenvalue weighted by Crippen LogP contribution is 2.60. The molecule has 0 radical (unpaired) electrons. The Hall–Kier alpha value is -1.88. The fraction of sp³-hybridized carbons (Fsp3) is 0.500. The van der Waals surface area contributed by atoms with E-state index in [1.807, 2.05) is 12.1 Å². The van der Waals surface area contributed by atoms with Crippen LogP contribution in [0.5, 0.6) is 0 Å². The van der Waals surface area contributed by atoms with E-state index in [9.17, 15) is 4.79 Å². The largest absolute Gasteiger partial charge is 0.318 e. The second-order valence-corrected chi connectivity index (χ2v) is 10.5. The number of aryl methyl sites for hydroxylation is 1. The van der Waals surface area contributed by atoms with E-state index in [0.29, 0.717) is 0 Å². The molecular weight excluding hydrogens is 426 g/mol. The van der Waals surface area contributed by atoms with Crippen molar-refractivity contribution in [3.05, 3.63) is 51.8 Å². The van der Waals surface area contributed by atoms with Crippen molar-refractivity contribution in [1.29, 1.82) is 0 Å². The Kier molecular flexibility index (Phi) is 4.69. The molecule has 4 aliphatic rings. The SMILES string of the molecule is Cc1cc(C=NNC(=O)C23CC4CC(CC(C4)C2)C3)c(C)n1-c1ccc(Br)cc1. The molecular formula is C24H28BrN3O. The Labute approximate surface area is 180 Å². The van der Waals surface area contributed by atoms with Gasteiger partial charge in [0, 0.05) is 27.1 Å². The van der Waals surface area contributed by atoms with Crippen molar-refractivity contribution in [1.82, 2.24) is 9.99 Å². The fourth-order valence-electron chi connectivity index (χ4n) is 6.57. The van der Waals surface area contributed by atoms with Crippen LogP contribution in [-0.4, -0.2) is 16.7 Å². The molecule has 4 nitrogen and oxygen atoms in total. The first-order valence-corrected chi connectivity index (χ1v) is 11.5. The number of hydrogen-bond acceptors (Lipinski definition) is 2. The molecule has 4 fully saturated rings. The molecule has 1 heterocycles. The highest BCUT2D eigenvalue weighted by atomic mass is 79.9. The topological polar surface area (TPSA) is 46.4 Å². The number of hydrazone groups is 1. The lowest BCUT2D eigenvalue weighted by molar-refractivity contribution is -0.146. The van der Waals surface area contributed by atoms with Crippen molar-refractivity contribution in [2.75, 3.05) is 0 Å². The highest BCUT2D eigenvalue weighted by molar-refractivity contribution is 9.10. The maximum Gasteiger partial charge on any atom is 0.246 e. The molecule has 0 atom stereocenters. The van der Waals surface area contributed by atoms with Gasteiger partial charge >= 0.3 is 0 Å². The quantitative estimate of drug-likeness (QED) is 0.480. The summed E-state index contributed by atoms with van der Waals surface area (Å²) in [6.45, 7) is 4.19. The third kappa shape index (κ3) is 3.37. The van der Waals surface area contributed by atoms with Crippen LogP contribution in [0.3, 0.4) is 0 Å². The summed E-state index contributed by atoms with van der Waals surface area (Å²) in [6, 6.07) is 10.4. The Bertz CT molecular complexity index is 937. The van der Waals surface area contributed by atoms with Gasteiger partial charge in [-0.15, -0.1) is 0 Å². The van der Waals surface area contributed by atoms with Crippen LogP contribution in [0.15, 0.2) is 39.9 Å². The van der Waals surface area contributed by atoms with Crippen LogP contribution in [0, 0.1) is 37.0 Å². The van der Waals surface area contributed by atoms with Gasteiger partial charge in [-0.3, -0.25) is 4.79 Å². The first-order valence-electron chi connectivity index (χ1n) is 10.7. The van der Waals surface area contributed by atoms with Gasteiger partial charge in [-0.2, -0.15) is 5.10 Å². The van der Waals surface area contributed by atoms with Crippen molar-refractivity contribution in [3.8, 4) is 5.69 Å². The average Bonchev–Trinajstić information content (AvgIpc) is 2.95. The summed E-state index contributed by atoms with van der Waals surface area (Å²) < 4.78 is 3.28. The van der Waals surface area contributed by atoms with Crippen molar-refractivity contribution in [3.63, 3.8) is 0 Å². The molecule has 29 heavy (non-hydrogen) atoms. The Morgan fingerprint density at radius 3 is 2.28 bits per heavy atom. The number of halogens is 1. The van der Waals surface area contributed by atoms with E-state index in [1.165, 1.54) is 19.3 Å². The number of carbonyl (C=O) groups excluding carboxylic acids is 1. The zero-order valence-corrected chi connectivity index (χ0v) is 18.7. The lowest BCUT2D eigenvalue weighted by atomic mass is 9.49. The van der Waals surface area contributed by atoms with Crippen LogP contribution in [0.4, 0.5) is 0 Å². The minimum Gasteiger partial charge on any atom is -0.318 e. The Morgan fingerprint density at radius 1 is 1.10 bits per heavy atom. The molecule has 4 aliphatic carbocycles. The van der Waals surface area contributed by atoms with E-state index in [4.69, 9.17) is 0 Å². The van der Waals surface area contributed by atoms with Gasteiger partial charge < -0.3 is 4.57 Å². The van der Waals surface area contributed by atoms with E-state index in [-0.39, 0.29) is 11.3 Å². The predicted molar refractivity (Wildman–Crippen MR) is 119 cm³/mol. The molecule has 152 valence electrons. The zero-order chi connectivity index (χ0) is 20.2. The van der Waals surface area contributed by atoms with Gasteiger partial charge in [-0.1, -0.05) is 15.9 Å². The Morgan fingerprint density at radius 2 is 1.69 bits per heavy atom. The van der Waals surface area contributed by atoms with Gasteiger partial charge in [-0.25, -0.2) is 5.43 Å². The molecule has 0 unspecified atom stereocenters. The smallest absolute Gasteiger partial charge is 0.246 e. The number of benzene rings is 1.